The Balaban J connectivity index is 1.83. The number of carbonyl (C=O) groups is 2. The van der Waals surface area contributed by atoms with Crippen LogP contribution in [0.3, 0.4) is 0 Å². The number of esters is 1. The van der Waals surface area contributed by atoms with E-state index < -0.39 is 23.6 Å². The van der Waals surface area contributed by atoms with E-state index in [-0.39, 0.29) is 47.6 Å². The Kier molecular flexibility index (Phi) is 6.90. The molecular weight excluding hydrogens is 455 g/mol. The Labute approximate surface area is 185 Å². The highest BCUT2D eigenvalue weighted by molar-refractivity contribution is 6.31. The smallest absolute Gasteiger partial charge is 0.417 e. The van der Waals surface area contributed by atoms with Crippen molar-refractivity contribution in [3.05, 3.63) is 58.4 Å². The third-order valence-corrected chi connectivity index (χ3v) is 4.68. The molecule has 1 aromatic heterocycles. The van der Waals surface area contributed by atoms with Gasteiger partial charge in [-0.3, -0.25) is 4.79 Å². The second-order valence-corrected chi connectivity index (χ2v) is 6.97. The first-order chi connectivity index (χ1) is 15.1. The molecular formula is C20H17ClF3N3O5. The average molecular weight is 472 g/mol. The minimum atomic E-state index is -4.60. The Morgan fingerprint density at radius 2 is 2.09 bits per heavy atom. The number of alkyl halides is 3. The van der Waals surface area contributed by atoms with E-state index in [2.05, 4.69) is 10.3 Å². The standard InChI is InChI=1S/C20H17ClF3N3O5/c1-31-19(30)14-10-27(5-6-28)18(29)16(14)26-12-3-2-4-13(8-12)32-17-15(21)7-11(9-25-17)20(22,23)24/h2-4,7-9,26,28H,5-6,10H2,1H3. The number of aliphatic hydroxyl groups excluding tert-OH is 1. The number of hydrogen-bond donors (Lipinski definition) is 2. The molecule has 32 heavy (non-hydrogen) atoms. The van der Waals surface area contributed by atoms with Gasteiger partial charge in [-0.1, -0.05) is 17.7 Å². The zero-order valence-electron chi connectivity index (χ0n) is 16.6. The number of amides is 1. The molecule has 170 valence electrons. The van der Waals surface area contributed by atoms with Crippen LogP contribution in [0.5, 0.6) is 11.6 Å². The predicted octanol–water partition coefficient (Wildman–Crippen LogP) is 3.22. The van der Waals surface area contributed by atoms with E-state index in [0.29, 0.717) is 18.0 Å². The lowest BCUT2D eigenvalue weighted by Gasteiger charge is -2.15. The van der Waals surface area contributed by atoms with Crippen LogP contribution in [0, 0.1) is 0 Å². The third kappa shape index (κ3) is 5.11. The summed E-state index contributed by atoms with van der Waals surface area (Å²) >= 11 is 5.86. The van der Waals surface area contributed by atoms with Crippen LogP contribution in [0.25, 0.3) is 0 Å². The second kappa shape index (κ2) is 9.45. The average Bonchev–Trinajstić information content (AvgIpc) is 3.04. The monoisotopic (exact) mass is 471 g/mol. The lowest BCUT2D eigenvalue weighted by molar-refractivity contribution is -0.138. The third-order valence-electron chi connectivity index (χ3n) is 4.41. The molecule has 2 aromatic rings. The molecule has 0 fully saturated rings. The van der Waals surface area contributed by atoms with Gasteiger partial charge in [-0.05, 0) is 18.2 Å². The zero-order valence-corrected chi connectivity index (χ0v) is 17.3. The molecule has 1 aliphatic heterocycles. The topological polar surface area (TPSA) is 101 Å². The minimum absolute atomic E-state index is 0.0202. The van der Waals surface area contributed by atoms with Crippen LogP contribution >= 0.6 is 11.6 Å². The Morgan fingerprint density at radius 1 is 1.34 bits per heavy atom. The summed E-state index contributed by atoms with van der Waals surface area (Å²) in [6.45, 7) is -0.279. The molecule has 0 unspecified atom stereocenters. The summed E-state index contributed by atoms with van der Waals surface area (Å²) in [6, 6.07) is 6.79. The number of aromatic nitrogens is 1. The summed E-state index contributed by atoms with van der Waals surface area (Å²) in [4.78, 5) is 29.6. The maximum atomic E-state index is 12.8. The summed E-state index contributed by atoms with van der Waals surface area (Å²) in [5.74, 6) is -1.27. The van der Waals surface area contributed by atoms with Gasteiger partial charge in [0.15, 0.2) is 0 Å². The van der Waals surface area contributed by atoms with Crippen molar-refractivity contribution in [1.82, 2.24) is 9.88 Å². The summed E-state index contributed by atoms with van der Waals surface area (Å²) in [7, 11) is 1.18. The summed E-state index contributed by atoms with van der Waals surface area (Å²) in [6.07, 6.45) is -3.99. The highest BCUT2D eigenvalue weighted by Gasteiger charge is 2.34. The maximum Gasteiger partial charge on any atom is 0.417 e. The van der Waals surface area contributed by atoms with Crippen molar-refractivity contribution >= 4 is 29.2 Å². The van der Waals surface area contributed by atoms with Gasteiger partial charge in [0.25, 0.3) is 5.91 Å². The Morgan fingerprint density at radius 3 is 2.72 bits per heavy atom. The van der Waals surface area contributed by atoms with E-state index >= 15 is 0 Å². The summed E-state index contributed by atoms with van der Waals surface area (Å²) < 4.78 is 48.5. The van der Waals surface area contributed by atoms with Crippen molar-refractivity contribution in [3.8, 4) is 11.6 Å². The molecule has 0 bridgehead atoms. The van der Waals surface area contributed by atoms with Gasteiger partial charge in [0.05, 0.1) is 31.4 Å². The molecule has 2 heterocycles. The fourth-order valence-electron chi connectivity index (χ4n) is 2.90. The van der Waals surface area contributed by atoms with E-state index in [1.54, 1.807) is 12.1 Å². The van der Waals surface area contributed by atoms with Crippen molar-refractivity contribution < 1.29 is 37.3 Å². The summed E-state index contributed by atoms with van der Waals surface area (Å²) in [5.41, 5.74) is -0.598. The highest BCUT2D eigenvalue weighted by Crippen LogP contribution is 2.35. The van der Waals surface area contributed by atoms with Crippen LogP contribution in [0.1, 0.15) is 5.56 Å². The first-order valence-corrected chi connectivity index (χ1v) is 9.51. The fraction of sp³-hybridized carbons (Fsp3) is 0.250. The van der Waals surface area contributed by atoms with Gasteiger partial charge >= 0.3 is 12.1 Å². The zero-order chi connectivity index (χ0) is 23.5. The first-order valence-electron chi connectivity index (χ1n) is 9.13. The number of β-amino-alcohol motifs (C(OH)–C–C–N with tert-alkyl or cyclic N) is 1. The van der Waals surface area contributed by atoms with Gasteiger partial charge < -0.3 is 24.8 Å². The predicted molar refractivity (Wildman–Crippen MR) is 107 cm³/mol. The minimum Gasteiger partial charge on any atom is -0.466 e. The highest BCUT2D eigenvalue weighted by atomic mass is 35.5. The molecule has 0 saturated carbocycles. The van der Waals surface area contributed by atoms with Crippen molar-refractivity contribution in [3.63, 3.8) is 0 Å². The Bertz CT molecular complexity index is 1070. The molecule has 8 nitrogen and oxygen atoms in total. The van der Waals surface area contributed by atoms with Gasteiger partial charge in [-0.25, -0.2) is 9.78 Å². The van der Waals surface area contributed by atoms with E-state index in [1.807, 2.05) is 0 Å². The number of carbonyl (C=O) groups excluding carboxylic acids is 2. The normalized spacial score (nSPS) is 14.1. The summed E-state index contributed by atoms with van der Waals surface area (Å²) in [5, 5.41) is 11.6. The molecule has 0 aliphatic carbocycles. The van der Waals surface area contributed by atoms with E-state index in [9.17, 15) is 22.8 Å². The molecule has 0 atom stereocenters. The van der Waals surface area contributed by atoms with Gasteiger partial charge in [-0.15, -0.1) is 0 Å². The molecule has 1 amide bonds. The number of anilines is 1. The van der Waals surface area contributed by atoms with Gasteiger partial charge in [0.2, 0.25) is 5.88 Å². The van der Waals surface area contributed by atoms with Crippen molar-refractivity contribution in [2.24, 2.45) is 0 Å². The number of halogens is 4. The van der Waals surface area contributed by atoms with Crippen molar-refractivity contribution in [2.75, 3.05) is 32.1 Å². The number of methoxy groups -OCH3 is 1. The van der Waals surface area contributed by atoms with Crippen molar-refractivity contribution in [1.29, 1.82) is 0 Å². The second-order valence-electron chi connectivity index (χ2n) is 6.56. The quantitative estimate of drug-likeness (QED) is 0.598. The molecule has 2 N–H and O–H groups in total. The van der Waals surface area contributed by atoms with Crippen molar-refractivity contribution in [2.45, 2.75) is 6.18 Å². The fourth-order valence-corrected chi connectivity index (χ4v) is 3.10. The molecule has 1 aromatic carbocycles. The van der Waals surface area contributed by atoms with Gasteiger partial charge in [0.1, 0.15) is 16.5 Å². The van der Waals surface area contributed by atoms with Crippen LogP contribution in [0.2, 0.25) is 5.02 Å². The number of hydrogen-bond acceptors (Lipinski definition) is 7. The SMILES string of the molecule is COC(=O)C1=C(Nc2cccc(Oc3ncc(C(F)(F)F)cc3Cl)c2)C(=O)N(CCO)C1. The molecule has 0 radical (unpaired) electrons. The lowest BCUT2D eigenvalue weighted by atomic mass is 10.2. The number of benzene rings is 1. The largest absolute Gasteiger partial charge is 0.466 e. The molecule has 12 heteroatoms. The number of rotatable bonds is 7. The number of pyridine rings is 1. The number of ether oxygens (including phenoxy) is 2. The van der Waals surface area contributed by atoms with Crippen LogP contribution in [-0.4, -0.2) is 53.7 Å². The van der Waals surface area contributed by atoms with E-state index in [4.69, 9.17) is 26.2 Å². The van der Waals surface area contributed by atoms with Gasteiger partial charge in [0, 0.05) is 24.5 Å². The van der Waals surface area contributed by atoms with Crippen LogP contribution in [0.4, 0.5) is 18.9 Å². The molecule has 0 saturated heterocycles. The first kappa shape index (κ1) is 23.4. The lowest BCUT2D eigenvalue weighted by Crippen LogP contribution is -2.31. The number of aliphatic hydroxyl groups is 1. The Hall–Kier alpha value is -3.31. The molecule has 1 aliphatic rings. The molecule has 3 rings (SSSR count). The van der Waals surface area contributed by atoms with Gasteiger partial charge in [-0.2, -0.15) is 13.2 Å². The van der Waals surface area contributed by atoms with E-state index in [1.165, 1.54) is 24.1 Å². The maximum absolute atomic E-state index is 12.8. The number of nitrogens with zero attached hydrogens (tertiary/aromatic N) is 2. The number of nitrogens with one attached hydrogen (secondary N) is 1. The van der Waals surface area contributed by atoms with E-state index in [0.717, 1.165) is 0 Å². The van der Waals surface area contributed by atoms with Crippen LogP contribution in [0.15, 0.2) is 47.8 Å². The van der Waals surface area contributed by atoms with Crippen LogP contribution in [-0.2, 0) is 20.5 Å². The van der Waals surface area contributed by atoms with Crippen LogP contribution < -0.4 is 10.1 Å². The molecule has 0 spiro atoms.